The van der Waals surface area contributed by atoms with Crippen LogP contribution in [0.2, 0.25) is 0 Å². The first-order valence-electron chi connectivity index (χ1n) is 6.84. The molecule has 136 valence electrons. The van der Waals surface area contributed by atoms with E-state index in [9.17, 15) is 40.5 Å². The molecule has 0 spiro atoms. The third-order valence-electron chi connectivity index (χ3n) is 3.19. The summed E-state index contributed by atoms with van der Waals surface area (Å²) in [6, 6.07) is 7.99. The zero-order chi connectivity index (χ0) is 20.0. The maximum absolute atomic E-state index is 10.4. The number of nitro benzene ring substituents is 4. The Bertz CT molecular complexity index is 823. The topological polar surface area (TPSA) is 173 Å². The summed E-state index contributed by atoms with van der Waals surface area (Å²) in [5.74, 6) is 0. The van der Waals surface area contributed by atoms with E-state index in [1.165, 1.54) is 38.1 Å². The molecule has 0 heterocycles. The van der Waals surface area contributed by atoms with Gasteiger partial charge in [-0.05, 0) is 13.8 Å². The minimum atomic E-state index is -0.759. The van der Waals surface area contributed by atoms with Gasteiger partial charge in [-0.15, -0.1) is 0 Å². The van der Waals surface area contributed by atoms with Crippen LogP contribution in [0.25, 0.3) is 0 Å². The monoisotopic (exact) mass is 364 g/mol. The van der Waals surface area contributed by atoms with Crippen LogP contribution in [0, 0.1) is 54.3 Å². The maximum Gasteiger partial charge on any atom is 0.348 e. The molecule has 0 N–H and O–H groups in total. The number of nitrogens with zero attached hydrogens (tertiary/aromatic N) is 4. The molecule has 2 aromatic rings. The van der Waals surface area contributed by atoms with Gasteiger partial charge in [0.2, 0.25) is 0 Å². The second-order valence-corrected chi connectivity index (χ2v) is 4.91. The number of nitro groups is 4. The highest BCUT2D eigenvalue weighted by atomic mass is 16.6. The Morgan fingerprint density at radius 3 is 1.08 bits per heavy atom. The van der Waals surface area contributed by atoms with Crippen molar-refractivity contribution in [2.24, 2.45) is 0 Å². The van der Waals surface area contributed by atoms with Gasteiger partial charge < -0.3 is 0 Å². The highest BCUT2D eigenvalue weighted by Gasteiger charge is 2.26. The standard InChI is InChI=1S/2C7H6N2O4/c2*1-5-3-2-4-6(8(10)11)7(5)9(12)13/h2*2-4H,1H3. The van der Waals surface area contributed by atoms with Crippen molar-refractivity contribution in [2.45, 2.75) is 13.8 Å². The van der Waals surface area contributed by atoms with Crippen LogP contribution in [-0.2, 0) is 0 Å². The first-order valence-corrected chi connectivity index (χ1v) is 6.84. The van der Waals surface area contributed by atoms with Crippen LogP contribution in [0.5, 0.6) is 0 Å². The van der Waals surface area contributed by atoms with Gasteiger partial charge in [0.15, 0.2) is 0 Å². The molecular formula is C14H12N4O8. The first kappa shape index (κ1) is 20.1. The Kier molecular flexibility index (Phi) is 6.36. The average Bonchev–Trinajstić information content (AvgIpc) is 2.54. The van der Waals surface area contributed by atoms with Crippen molar-refractivity contribution in [1.82, 2.24) is 0 Å². The van der Waals surface area contributed by atoms with Gasteiger partial charge in [-0.25, -0.2) is 0 Å². The van der Waals surface area contributed by atoms with Crippen LogP contribution in [0.3, 0.4) is 0 Å². The van der Waals surface area contributed by atoms with E-state index >= 15 is 0 Å². The SMILES string of the molecule is Cc1cccc([N+](=O)[O-])c1[N+](=O)[O-].Cc1cccc([N+](=O)[O-])c1[N+](=O)[O-]. The summed E-state index contributed by atoms with van der Waals surface area (Å²) in [4.78, 5) is 38.7. The van der Waals surface area contributed by atoms with E-state index in [2.05, 4.69) is 0 Å². The predicted octanol–water partition coefficient (Wildman–Crippen LogP) is 3.62. The minimum absolute atomic E-state index is 0.291. The quantitative estimate of drug-likeness (QED) is 0.584. The Hall–Kier alpha value is -3.96. The molecule has 0 aliphatic heterocycles. The molecule has 0 fully saturated rings. The van der Waals surface area contributed by atoms with E-state index in [1.807, 2.05) is 0 Å². The van der Waals surface area contributed by atoms with Gasteiger partial charge in [0.1, 0.15) is 0 Å². The Labute approximate surface area is 145 Å². The minimum Gasteiger partial charge on any atom is -0.258 e. The van der Waals surface area contributed by atoms with Crippen LogP contribution in [-0.4, -0.2) is 19.7 Å². The van der Waals surface area contributed by atoms with E-state index in [0.29, 0.717) is 11.1 Å². The molecule has 0 atom stereocenters. The molecule has 0 saturated carbocycles. The highest BCUT2D eigenvalue weighted by molar-refractivity contribution is 5.57. The Morgan fingerprint density at radius 2 is 0.885 bits per heavy atom. The summed E-state index contributed by atoms with van der Waals surface area (Å²) in [6.07, 6.45) is 0. The van der Waals surface area contributed by atoms with Gasteiger partial charge in [-0.2, -0.15) is 0 Å². The molecule has 2 rings (SSSR count). The van der Waals surface area contributed by atoms with Crippen LogP contribution in [0.1, 0.15) is 11.1 Å². The summed E-state index contributed by atoms with van der Waals surface area (Å²) in [6.45, 7) is 2.93. The second-order valence-electron chi connectivity index (χ2n) is 4.91. The van der Waals surface area contributed by atoms with Gasteiger partial charge in [0.05, 0.1) is 19.7 Å². The smallest absolute Gasteiger partial charge is 0.258 e. The fourth-order valence-electron chi connectivity index (χ4n) is 2.06. The van der Waals surface area contributed by atoms with Crippen molar-refractivity contribution in [1.29, 1.82) is 0 Å². The number of aryl methyl sites for hydroxylation is 2. The lowest BCUT2D eigenvalue weighted by atomic mass is 10.2. The maximum atomic E-state index is 10.4. The third kappa shape index (κ3) is 4.53. The van der Waals surface area contributed by atoms with E-state index < -0.39 is 42.4 Å². The van der Waals surface area contributed by atoms with Crippen molar-refractivity contribution < 1.29 is 19.7 Å². The molecule has 0 amide bonds. The van der Waals surface area contributed by atoms with E-state index in [4.69, 9.17) is 0 Å². The lowest BCUT2D eigenvalue weighted by Gasteiger charge is -1.96. The zero-order valence-corrected chi connectivity index (χ0v) is 13.5. The molecule has 12 nitrogen and oxygen atoms in total. The Balaban J connectivity index is 0.000000260. The molecule has 12 heteroatoms. The normalized spacial score (nSPS) is 9.62. The summed E-state index contributed by atoms with van der Waals surface area (Å²) in [5.41, 5.74) is -1.23. The van der Waals surface area contributed by atoms with Gasteiger partial charge in [-0.1, -0.05) is 24.3 Å². The molecular weight excluding hydrogens is 352 g/mol. The molecule has 0 bridgehead atoms. The molecule has 26 heavy (non-hydrogen) atoms. The van der Waals surface area contributed by atoms with Gasteiger partial charge in [0, 0.05) is 23.3 Å². The van der Waals surface area contributed by atoms with Crippen LogP contribution in [0.15, 0.2) is 36.4 Å². The molecule has 2 aromatic carbocycles. The molecule has 0 radical (unpaired) electrons. The summed E-state index contributed by atoms with van der Waals surface area (Å²) in [7, 11) is 0. The number of hydrogen-bond donors (Lipinski definition) is 0. The van der Waals surface area contributed by atoms with Crippen LogP contribution < -0.4 is 0 Å². The molecule has 0 aliphatic rings. The van der Waals surface area contributed by atoms with Gasteiger partial charge in [-0.3, -0.25) is 40.5 Å². The molecule has 0 aromatic heterocycles. The molecule has 0 aliphatic carbocycles. The fourth-order valence-corrected chi connectivity index (χ4v) is 2.06. The largest absolute Gasteiger partial charge is 0.348 e. The average molecular weight is 364 g/mol. The molecule has 0 saturated heterocycles. The van der Waals surface area contributed by atoms with E-state index in [-0.39, 0.29) is 0 Å². The molecule has 0 unspecified atom stereocenters. The van der Waals surface area contributed by atoms with Crippen molar-refractivity contribution in [3.8, 4) is 0 Å². The van der Waals surface area contributed by atoms with Crippen LogP contribution >= 0.6 is 0 Å². The number of para-hydroxylation sites is 2. The summed E-state index contributed by atoms with van der Waals surface area (Å²) in [5, 5.41) is 41.7. The lowest BCUT2D eigenvalue weighted by Crippen LogP contribution is -1.98. The predicted molar refractivity (Wildman–Crippen MR) is 89.0 cm³/mol. The fraction of sp³-hybridized carbons (Fsp3) is 0.143. The van der Waals surface area contributed by atoms with Crippen molar-refractivity contribution >= 4 is 22.7 Å². The van der Waals surface area contributed by atoms with Crippen molar-refractivity contribution in [3.63, 3.8) is 0 Å². The highest BCUT2D eigenvalue weighted by Crippen LogP contribution is 2.30. The second kappa shape index (κ2) is 8.23. The number of benzene rings is 2. The first-order chi connectivity index (χ1) is 12.1. The Morgan fingerprint density at radius 1 is 0.577 bits per heavy atom. The van der Waals surface area contributed by atoms with Gasteiger partial charge in [0.25, 0.3) is 0 Å². The number of hydrogen-bond acceptors (Lipinski definition) is 8. The van der Waals surface area contributed by atoms with Crippen molar-refractivity contribution in [3.05, 3.63) is 88.0 Å². The van der Waals surface area contributed by atoms with Crippen LogP contribution in [0.4, 0.5) is 22.7 Å². The van der Waals surface area contributed by atoms with Gasteiger partial charge >= 0.3 is 22.7 Å². The number of rotatable bonds is 4. The van der Waals surface area contributed by atoms with E-state index in [1.54, 1.807) is 0 Å². The third-order valence-corrected chi connectivity index (χ3v) is 3.19. The van der Waals surface area contributed by atoms with E-state index in [0.717, 1.165) is 12.1 Å². The summed E-state index contributed by atoms with van der Waals surface area (Å²) >= 11 is 0. The zero-order valence-electron chi connectivity index (χ0n) is 13.5. The van der Waals surface area contributed by atoms with Crippen molar-refractivity contribution in [2.75, 3.05) is 0 Å². The summed E-state index contributed by atoms with van der Waals surface area (Å²) < 4.78 is 0. The lowest BCUT2D eigenvalue weighted by molar-refractivity contribution is -0.422.